The molecule has 86 heavy (non-hydrogen) atoms. The highest BCUT2D eigenvalue weighted by molar-refractivity contribution is 7.23. The lowest BCUT2D eigenvalue weighted by molar-refractivity contribution is -0.143. The Morgan fingerprint density at radius 3 is 1.36 bits per heavy atom. The fraction of sp³-hybridized carbons (Fsp3) is 0.394. The van der Waals surface area contributed by atoms with Gasteiger partial charge < -0.3 is 29.1 Å². The maximum Gasteiger partial charge on any atom is 0.307 e. The van der Waals surface area contributed by atoms with Crippen LogP contribution >= 0.6 is 22.7 Å². The minimum Gasteiger partial charge on any atom is -0.481 e. The standard InChI is InChI=1S/C34H37FN4O4S.C32H33FN4O4S/c1-2-42-33(41)10-12-38-13-15-39(16-14-38)22-25-5-7-28(37-21-25)32-20-29-34(44-32)31(9-11-36-29)43-30-8-6-24(19-27(30)35)18-26(40)17-23-3-4-23;33-25-17-22(16-24(38)15-21-1-2-21)4-6-28(25)41-29-7-9-34-27-18-30(42-32(27)29)26-5-3-23(19-35-26)20-37-13-11-36(12-14-37)10-8-31(39)40/h5-9,11,19-21,23H,2-4,10,12-18,22H2,1H3;3-7,9,17-19,21H,1-2,8,10-16,20H2,(H,39,40). The van der Waals surface area contributed by atoms with Crippen molar-refractivity contribution in [3.8, 4) is 44.1 Å². The van der Waals surface area contributed by atoms with Crippen molar-refractivity contribution in [3.05, 3.63) is 144 Å². The fourth-order valence-electron chi connectivity index (χ4n) is 10.8. The minimum atomic E-state index is -0.755. The molecule has 0 radical (unpaired) electrons. The number of thiophene rings is 2. The third-order valence-corrected chi connectivity index (χ3v) is 18.2. The van der Waals surface area contributed by atoms with Crippen molar-refractivity contribution in [3.63, 3.8) is 0 Å². The molecule has 6 aromatic heterocycles. The molecule has 448 valence electrons. The highest BCUT2D eigenvalue weighted by atomic mass is 32.1. The molecule has 0 unspecified atom stereocenters. The summed E-state index contributed by atoms with van der Waals surface area (Å²) < 4.78 is 48.6. The lowest BCUT2D eigenvalue weighted by atomic mass is 10.0. The summed E-state index contributed by atoms with van der Waals surface area (Å²) in [5, 5.41) is 8.90. The van der Waals surface area contributed by atoms with E-state index in [9.17, 15) is 28.0 Å². The molecule has 0 atom stereocenters. The Morgan fingerprint density at radius 1 is 0.535 bits per heavy atom. The van der Waals surface area contributed by atoms with Gasteiger partial charge in [0, 0.05) is 141 Å². The number of halogens is 2. The second kappa shape index (κ2) is 28.4. The summed E-state index contributed by atoms with van der Waals surface area (Å²) >= 11 is 3.01. The van der Waals surface area contributed by atoms with Gasteiger partial charge in [0.2, 0.25) is 0 Å². The topological polar surface area (TPSA) is 181 Å². The molecular weight excluding hydrogens is 1130 g/mol. The number of rotatable bonds is 25. The number of carboxylic acid groups (broad SMARTS) is 1. The number of benzene rings is 2. The number of ketones is 2. The van der Waals surface area contributed by atoms with Gasteiger partial charge >= 0.3 is 11.9 Å². The van der Waals surface area contributed by atoms with Gasteiger partial charge in [0.15, 0.2) is 23.1 Å². The van der Waals surface area contributed by atoms with Crippen LogP contribution in [0.1, 0.15) is 80.5 Å². The van der Waals surface area contributed by atoms with E-state index in [0.717, 1.165) is 150 Å². The number of carbonyl (C=O) groups excluding carboxylic acids is 3. The number of carboxylic acids is 1. The smallest absolute Gasteiger partial charge is 0.307 e. The Bertz CT molecular complexity index is 3670. The van der Waals surface area contributed by atoms with Crippen LogP contribution in [-0.2, 0) is 49.8 Å². The van der Waals surface area contributed by atoms with Crippen molar-refractivity contribution in [1.29, 1.82) is 0 Å². The highest BCUT2D eigenvalue weighted by Gasteiger charge is 2.27. The summed E-state index contributed by atoms with van der Waals surface area (Å²) in [6.45, 7) is 12.5. The van der Waals surface area contributed by atoms with Crippen molar-refractivity contribution in [1.82, 2.24) is 39.5 Å². The zero-order valence-electron chi connectivity index (χ0n) is 48.3. The average Bonchev–Trinajstić information content (AvgIpc) is 2.55. The average molecular weight is 1210 g/mol. The van der Waals surface area contributed by atoms with Gasteiger partial charge in [-0.15, -0.1) is 22.7 Å². The number of pyridine rings is 4. The maximum absolute atomic E-state index is 15.0. The number of Topliss-reactive ketones (excluding diaryl/α,β-unsaturated/α-hetero) is 2. The number of ether oxygens (including phenoxy) is 3. The van der Waals surface area contributed by atoms with Gasteiger partial charge in [-0.1, -0.05) is 24.3 Å². The van der Waals surface area contributed by atoms with E-state index in [1.165, 1.54) is 34.8 Å². The quantitative estimate of drug-likeness (QED) is 0.0533. The van der Waals surface area contributed by atoms with Crippen molar-refractivity contribution in [2.24, 2.45) is 11.8 Å². The predicted molar refractivity (Wildman–Crippen MR) is 328 cm³/mol. The van der Waals surface area contributed by atoms with E-state index in [0.29, 0.717) is 66.9 Å². The number of fused-ring (bicyclic) bond motifs is 2. The summed E-state index contributed by atoms with van der Waals surface area (Å²) in [5.41, 5.74) is 6.78. The van der Waals surface area contributed by atoms with Crippen LogP contribution in [0.3, 0.4) is 0 Å². The minimum absolute atomic E-state index is 0.112. The molecule has 2 saturated carbocycles. The first-order valence-corrected chi connectivity index (χ1v) is 31.4. The predicted octanol–water partition coefficient (Wildman–Crippen LogP) is 12.1. The molecule has 1 N–H and O–H groups in total. The number of piperazine rings is 2. The van der Waals surface area contributed by atoms with E-state index in [2.05, 4.69) is 41.7 Å². The molecule has 20 heteroatoms. The Kier molecular flexibility index (Phi) is 19.9. The lowest BCUT2D eigenvalue weighted by Gasteiger charge is -2.34. The maximum atomic E-state index is 15.0. The molecule has 8 heterocycles. The zero-order chi connectivity index (χ0) is 59.5. The Hall–Kier alpha value is -7.46. The Labute approximate surface area is 506 Å². The highest BCUT2D eigenvalue weighted by Crippen LogP contribution is 2.42. The summed E-state index contributed by atoms with van der Waals surface area (Å²) in [4.78, 5) is 76.4. The molecular formula is C66H70F2N8O8S2. The van der Waals surface area contributed by atoms with Crippen molar-refractivity contribution in [2.75, 3.05) is 72.1 Å². The number of aromatic nitrogens is 4. The molecule has 4 fully saturated rings. The third-order valence-electron chi connectivity index (χ3n) is 15.9. The number of esters is 1. The molecule has 0 spiro atoms. The molecule has 4 aliphatic rings. The monoisotopic (exact) mass is 1200 g/mol. The molecule has 0 amide bonds. The van der Waals surface area contributed by atoms with Gasteiger partial charge in [-0.2, -0.15) is 0 Å². The number of hydrogen-bond acceptors (Lipinski definition) is 17. The zero-order valence-corrected chi connectivity index (χ0v) is 49.9. The first-order valence-electron chi connectivity index (χ1n) is 29.7. The van der Waals surface area contributed by atoms with Crippen LogP contribution in [-0.4, -0.2) is 140 Å². The van der Waals surface area contributed by atoms with E-state index < -0.39 is 17.6 Å². The van der Waals surface area contributed by atoms with Gasteiger partial charge in [-0.3, -0.25) is 48.9 Å². The molecule has 0 bridgehead atoms. The van der Waals surface area contributed by atoms with Crippen LogP contribution in [0.15, 0.2) is 110 Å². The second-order valence-electron chi connectivity index (χ2n) is 22.8. The lowest BCUT2D eigenvalue weighted by Crippen LogP contribution is -2.46. The van der Waals surface area contributed by atoms with Crippen molar-refractivity contribution in [2.45, 2.75) is 84.2 Å². The van der Waals surface area contributed by atoms with E-state index >= 15 is 0 Å². The molecule has 8 aromatic rings. The molecule has 2 aliphatic heterocycles. The van der Waals surface area contributed by atoms with Crippen molar-refractivity contribution < 1.29 is 47.3 Å². The van der Waals surface area contributed by atoms with E-state index in [1.807, 2.05) is 43.6 Å². The number of hydrogen-bond donors (Lipinski definition) is 1. The molecule has 2 saturated heterocycles. The number of nitrogens with zero attached hydrogens (tertiary/aromatic N) is 8. The molecule has 2 aromatic carbocycles. The van der Waals surface area contributed by atoms with E-state index in [1.54, 1.807) is 48.8 Å². The summed E-state index contributed by atoms with van der Waals surface area (Å²) in [7, 11) is 0. The first kappa shape index (κ1) is 60.2. The number of carbonyl (C=O) groups is 4. The largest absolute Gasteiger partial charge is 0.481 e. The van der Waals surface area contributed by atoms with Gasteiger partial charge in [-0.25, -0.2) is 8.78 Å². The van der Waals surface area contributed by atoms with Crippen LogP contribution < -0.4 is 9.47 Å². The third kappa shape index (κ3) is 16.7. The van der Waals surface area contributed by atoms with Crippen LogP contribution in [0.5, 0.6) is 23.0 Å². The van der Waals surface area contributed by atoms with Crippen LogP contribution in [0.25, 0.3) is 41.6 Å². The Balaban J connectivity index is 0.000000179. The van der Waals surface area contributed by atoms with E-state index in [-0.39, 0.29) is 48.3 Å². The van der Waals surface area contributed by atoms with Crippen LogP contribution in [0.4, 0.5) is 8.78 Å². The summed E-state index contributed by atoms with van der Waals surface area (Å²) in [5.74, 6) is 0.771. The first-order chi connectivity index (χ1) is 41.8. The van der Waals surface area contributed by atoms with Gasteiger partial charge in [0.1, 0.15) is 23.1 Å². The molecule has 2 aliphatic carbocycles. The second-order valence-corrected chi connectivity index (χ2v) is 24.9. The van der Waals surface area contributed by atoms with E-state index in [4.69, 9.17) is 29.3 Å². The fourth-order valence-corrected chi connectivity index (χ4v) is 12.8. The summed E-state index contributed by atoms with van der Waals surface area (Å²) in [6.07, 6.45) is 13.9. The van der Waals surface area contributed by atoms with Crippen LogP contribution in [0, 0.1) is 23.5 Å². The van der Waals surface area contributed by atoms with Gasteiger partial charge in [0.25, 0.3) is 0 Å². The van der Waals surface area contributed by atoms with Gasteiger partial charge in [-0.05, 0) is 115 Å². The number of aliphatic carboxylic acids is 1. The summed E-state index contributed by atoms with van der Waals surface area (Å²) in [6, 6.07) is 25.1. The Morgan fingerprint density at radius 2 is 0.965 bits per heavy atom. The van der Waals surface area contributed by atoms with Gasteiger partial charge in [0.05, 0.1) is 61.0 Å². The van der Waals surface area contributed by atoms with Crippen LogP contribution in [0.2, 0.25) is 0 Å². The SMILES string of the molecule is CCOC(=O)CCN1CCN(Cc2ccc(-c3cc4nccc(Oc5ccc(CC(=O)CC6CC6)cc5F)c4s3)nc2)CC1.O=C(O)CCN1CCN(Cc2ccc(-c3cc4nccc(Oc5ccc(CC(=O)CC6CC6)cc5F)c4s3)nc2)CC1. The molecule has 12 rings (SSSR count). The molecule has 16 nitrogen and oxygen atoms in total. The normalized spacial score (nSPS) is 16.0. The van der Waals surface area contributed by atoms with Crippen molar-refractivity contribution >= 4 is 66.6 Å².